The largest absolute Gasteiger partial charge is 0.394 e. The molecule has 10 nitrogen and oxygen atoms in total. The molecule has 1 aromatic carbocycles. The Morgan fingerprint density at radius 2 is 1.97 bits per heavy atom. The molecule has 1 saturated heterocycles. The van der Waals surface area contributed by atoms with Gasteiger partial charge in [0.1, 0.15) is 43.1 Å². The van der Waals surface area contributed by atoms with Gasteiger partial charge in [-0.2, -0.15) is 0 Å². The maximum absolute atomic E-state index is 10.3. The molecule has 1 aromatic heterocycles. The topological polar surface area (TPSA) is 136 Å². The molecule has 0 aliphatic carbocycles. The van der Waals surface area contributed by atoms with E-state index in [0.29, 0.717) is 18.1 Å². The van der Waals surface area contributed by atoms with Gasteiger partial charge in [0.25, 0.3) is 0 Å². The van der Waals surface area contributed by atoms with Gasteiger partial charge in [-0.1, -0.05) is 29.3 Å². The molecule has 29 heavy (non-hydrogen) atoms. The number of aliphatic hydroxyl groups excluding tert-OH is 3. The van der Waals surface area contributed by atoms with Crippen molar-refractivity contribution in [1.29, 1.82) is 5.41 Å². The molecule has 3 heterocycles. The number of benzene rings is 1. The molecule has 1 fully saturated rings. The van der Waals surface area contributed by atoms with Crippen LogP contribution in [0.25, 0.3) is 0 Å². The predicted molar refractivity (Wildman–Crippen MR) is 103 cm³/mol. The van der Waals surface area contributed by atoms with E-state index >= 15 is 0 Å². The number of fused-ring (bicyclic) bond motifs is 1. The Morgan fingerprint density at radius 3 is 2.62 bits per heavy atom. The molecule has 0 radical (unpaired) electrons. The molecule has 5 N–H and O–H groups in total. The number of aromatic nitrogens is 2. The summed E-state index contributed by atoms with van der Waals surface area (Å²) in [7, 11) is 0. The zero-order chi connectivity index (χ0) is 20.7. The molecule has 2 aliphatic heterocycles. The SMILES string of the molecule is Cc1cc(C)cc(CON2CNc3c(ncn3[C@@H]3O[C@H](CO)[C@@H](O)[C@H]3O)C2=N)c1. The first-order chi connectivity index (χ1) is 13.9. The van der Waals surface area contributed by atoms with Crippen molar-refractivity contribution >= 4 is 11.7 Å². The smallest absolute Gasteiger partial charge is 0.176 e. The summed E-state index contributed by atoms with van der Waals surface area (Å²) < 4.78 is 7.08. The van der Waals surface area contributed by atoms with E-state index in [4.69, 9.17) is 15.0 Å². The Bertz CT molecular complexity index is 896. The number of nitrogens with zero attached hydrogens (tertiary/aromatic N) is 3. The summed E-state index contributed by atoms with van der Waals surface area (Å²) in [6, 6.07) is 6.16. The Balaban J connectivity index is 1.48. The standard InChI is InChI=1S/C19H25N5O5/c1-10-3-11(2)5-12(4-10)7-28-24-9-22-18-14(17(24)20)21-8-23(18)19-16(27)15(26)13(6-25)29-19/h3-5,8,13,15-16,19-20,22,25-27H,6-7,9H2,1-2H3/t13-,15-,16-,19-/m1/s1. The molecule has 156 valence electrons. The third-order valence-corrected chi connectivity index (χ3v) is 5.12. The van der Waals surface area contributed by atoms with Crippen molar-refractivity contribution < 1.29 is 24.9 Å². The quantitative estimate of drug-likeness (QED) is 0.479. The molecule has 0 bridgehead atoms. The van der Waals surface area contributed by atoms with Crippen molar-refractivity contribution in [2.24, 2.45) is 0 Å². The van der Waals surface area contributed by atoms with Gasteiger partial charge in [-0.25, -0.2) is 10.0 Å². The van der Waals surface area contributed by atoms with Crippen molar-refractivity contribution in [2.45, 2.75) is 45.0 Å². The number of hydrogen-bond acceptors (Lipinski definition) is 8. The lowest BCUT2D eigenvalue weighted by Gasteiger charge is -2.30. The molecule has 4 rings (SSSR count). The summed E-state index contributed by atoms with van der Waals surface area (Å²) in [5, 5.41) is 42.5. The number of rotatable bonds is 5. The average molecular weight is 403 g/mol. The summed E-state index contributed by atoms with van der Waals surface area (Å²) in [4.78, 5) is 10.0. The van der Waals surface area contributed by atoms with Crippen LogP contribution >= 0.6 is 0 Å². The van der Waals surface area contributed by atoms with Crippen LogP contribution in [0.1, 0.15) is 28.6 Å². The zero-order valence-electron chi connectivity index (χ0n) is 16.2. The Morgan fingerprint density at radius 1 is 1.24 bits per heavy atom. The van der Waals surface area contributed by atoms with Crippen molar-refractivity contribution in [3.8, 4) is 0 Å². The lowest BCUT2D eigenvalue weighted by atomic mass is 10.1. The van der Waals surface area contributed by atoms with Gasteiger partial charge in [0, 0.05) is 0 Å². The van der Waals surface area contributed by atoms with E-state index in [-0.39, 0.29) is 12.5 Å². The number of hydrogen-bond donors (Lipinski definition) is 5. The summed E-state index contributed by atoms with van der Waals surface area (Å²) in [6.07, 6.45) is -2.79. The molecule has 4 atom stereocenters. The number of aliphatic hydroxyl groups is 3. The lowest BCUT2D eigenvalue weighted by molar-refractivity contribution is -0.108. The van der Waals surface area contributed by atoms with Crippen LogP contribution < -0.4 is 5.32 Å². The molecule has 0 spiro atoms. The second-order valence-corrected chi connectivity index (χ2v) is 7.41. The average Bonchev–Trinajstić information content (AvgIpc) is 3.22. The molecule has 2 aliphatic rings. The molecule has 10 heteroatoms. The lowest BCUT2D eigenvalue weighted by Crippen LogP contribution is -2.41. The van der Waals surface area contributed by atoms with Crippen molar-refractivity contribution in [2.75, 3.05) is 18.6 Å². The van der Waals surface area contributed by atoms with Gasteiger partial charge in [-0.3, -0.25) is 14.8 Å². The molecule has 2 aromatic rings. The van der Waals surface area contributed by atoms with Gasteiger partial charge in [-0.05, 0) is 19.4 Å². The van der Waals surface area contributed by atoms with Crippen LogP contribution in [-0.4, -0.2) is 67.4 Å². The minimum absolute atomic E-state index is 0.0774. The number of hydroxylamine groups is 2. The van der Waals surface area contributed by atoms with Gasteiger partial charge < -0.3 is 25.4 Å². The normalized spacial score (nSPS) is 26.5. The minimum Gasteiger partial charge on any atom is -0.394 e. The molecule has 0 saturated carbocycles. The summed E-state index contributed by atoms with van der Waals surface area (Å²) in [5.41, 5.74) is 3.65. The van der Waals surface area contributed by atoms with Crippen LogP contribution in [0, 0.1) is 19.3 Å². The maximum atomic E-state index is 10.3. The number of anilines is 1. The summed E-state index contributed by atoms with van der Waals surface area (Å²) >= 11 is 0. The van der Waals surface area contributed by atoms with Crippen LogP contribution in [0.5, 0.6) is 0 Å². The zero-order valence-corrected chi connectivity index (χ0v) is 16.2. The second-order valence-electron chi connectivity index (χ2n) is 7.41. The molecular weight excluding hydrogens is 378 g/mol. The van der Waals surface area contributed by atoms with Gasteiger partial charge in [0.15, 0.2) is 12.1 Å². The fourth-order valence-electron chi connectivity index (χ4n) is 3.77. The highest BCUT2D eigenvalue weighted by molar-refractivity contribution is 5.99. The number of amidine groups is 1. The van der Waals surface area contributed by atoms with E-state index < -0.39 is 31.1 Å². The predicted octanol–water partition coefficient (Wildman–Crippen LogP) is 0.254. The van der Waals surface area contributed by atoms with E-state index in [9.17, 15) is 15.3 Å². The number of nitrogens with one attached hydrogen (secondary N) is 2. The van der Waals surface area contributed by atoms with Gasteiger partial charge in [0.05, 0.1) is 12.9 Å². The van der Waals surface area contributed by atoms with E-state index in [1.807, 2.05) is 26.0 Å². The summed E-state index contributed by atoms with van der Waals surface area (Å²) in [6.45, 7) is 4.17. The van der Waals surface area contributed by atoms with E-state index in [0.717, 1.165) is 16.7 Å². The van der Waals surface area contributed by atoms with E-state index in [2.05, 4.69) is 16.4 Å². The van der Waals surface area contributed by atoms with Crippen molar-refractivity contribution in [1.82, 2.24) is 14.6 Å². The third kappa shape index (κ3) is 3.61. The van der Waals surface area contributed by atoms with Crippen LogP contribution in [0.4, 0.5) is 5.82 Å². The van der Waals surface area contributed by atoms with Crippen LogP contribution in [0.3, 0.4) is 0 Å². The van der Waals surface area contributed by atoms with Gasteiger partial charge in [0.2, 0.25) is 0 Å². The maximum Gasteiger partial charge on any atom is 0.176 e. The molecule has 0 amide bonds. The van der Waals surface area contributed by atoms with Crippen LogP contribution in [0.2, 0.25) is 0 Å². The molecule has 0 unspecified atom stereocenters. The minimum atomic E-state index is -1.22. The fraction of sp³-hybridized carbons (Fsp3) is 0.474. The Kier molecular flexibility index (Phi) is 5.28. The Labute approximate surface area is 167 Å². The van der Waals surface area contributed by atoms with E-state index in [1.54, 1.807) is 0 Å². The first-order valence-electron chi connectivity index (χ1n) is 9.38. The third-order valence-electron chi connectivity index (χ3n) is 5.12. The number of ether oxygens (including phenoxy) is 1. The van der Waals surface area contributed by atoms with Crippen molar-refractivity contribution in [3.63, 3.8) is 0 Å². The Hall–Kier alpha value is -2.50. The summed E-state index contributed by atoms with van der Waals surface area (Å²) in [5.74, 6) is 0.560. The van der Waals surface area contributed by atoms with Crippen LogP contribution in [0.15, 0.2) is 24.5 Å². The fourth-order valence-corrected chi connectivity index (χ4v) is 3.77. The number of imidazole rings is 1. The van der Waals surface area contributed by atoms with Crippen molar-refractivity contribution in [3.05, 3.63) is 46.9 Å². The molecular formula is C19H25N5O5. The second kappa shape index (κ2) is 7.73. The van der Waals surface area contributed by atoms with Crippen LogP contribution in [-0.2, 0) is 16.2 Å². The first kappa shape index (κ1) is 19.8. The first-order valence-corrected chi connectivity index (χ1v) is 9.38. The van der Waals surface area contributed by atoms with Gasteiger partial charge in [-0.15, -0.1) is 0 Å². The van der Waals surface area contributed by atoms with Gasteiger partial charge >= 0.3 is 0 Å². The number of aryl methyl sites for hydroxylation is 2. The monoisotopic (exact) mass is 403 g/mol. The highest BCUT2D eigenvalue weighted by Gasteiger charge is 2.44. The highest BCUT2D eigenvalue weighted by atomic mass is 16.7. The van der Waals surface area contributed by atoms with E-state index in [1.165, 1.54) is 16.0 Å². The highest BCUT2D eigenvalue weighted by Crippen LogP contribution is 2.34.